The predicted molar refractivity (Wildman–Crippen MR) is 112 cm³/mol. The lowest BCUT2D eigenvalue weighted by atomic mass is 10.2. The summed E-state index contributed by atoms with van der Waals surface area (Å²) < 4.78 is 3.78. The van der Waals surface area contributed by atoms with Gasteiger partial charge < -0.3 is 14.6 Å². The number of amides is 1. The first-order valence-corrected chi connectivity index (χ1v) is 9.79. The van der Waals surface area contributed by atoms with Gasteiger partial charge in [0.1, 0.15) is 11.2 Å². The first-order valence-electron chi connectivity index (χ1n) is 9.41. The molecule has 29 heavy (non-hydrogen) atoms. The van der Waals surface area contributed by atoms with Gasteiger partial charge in [0.15, 0.2) is 5.69 Å². The van der Waals surface area contributed by atoms with Crippen LogP contribution in [0.5, 0.6) is 0 Å². The Kier molecular flexibility index (Phi) is 5.46. The van der Waals surface area contributed by atoms with Crippen molar-refractivity contribution in [2.45, 2.75) is 19.5 Å². The van der Waals surface area contributed by atoms with Crippen molar-refractivity contribution < 1.29 is 4.79 Å². The number of para-hydroxylation sites is 1. The van der Waals surface area contributed by atoms with E-state index in [2.05, 4.69) is 20.6 Å². The summed E-state index contributed by atoms with van der Waals surface area (Å²) in [6.45, 7) is 2.03. The Hall–Kier alpha value is -2.97. The molecule has 4 aromatic rings. The minimum absolute atomic E-state index is 0.129. The second-order valence-electron chi connectivity index (χ2n) is 7.01. The van der Waals surface area contributed by atoms with Crippen LogP contribution in [0.3, 0.4) is 0 Å². The van der Waals surface area contributed by atoms with Crippen LogP contribution in [0.4, 0.5) is 0 Å². The molecular weight excluding hydrogens is 390 g/mol. The molecule has 3 aromatic heterocycles. The molecule has 0 bridgehead atoms. The van der Waals surface area contributed by atoms with E-state index in [0.717, 1.165) is 36.2 Å². The summed E-state index contributed by atoms with van der Waals surface area (Å²) >= 11 is 6.15. The lowest BCUT2D eigenvalue weighted by molar-refractivity contribution is 0.0821. The smallest absolute Gasteiger partial charge is 0.273 e. The third kappa shape index (κ3) is 3.94. The molecule has 0 aliphatic rings. The van der Waals surface area contributed by atoms with Gasteiger partial charge in [-0.1, -0.05) is 28.9 Å². The molecule has 0 atom stereocenters. The predicted octanol–water partition coefficient (Wildman–Crippen LogP) is 2.61. The number of hydrogen-bond acceptors (Lipinski definition) is 5. The molecule has 4 rings (SSSR count). The average Bonchev–Trinajstić information content (AvgIpc) is 3.28. The van der Waals surface area contributed by atoms with Crippen LogP contribution in [0, 0.1) is 0 Å². The molecule has 1 amide bonds. The second-order valence-corrected chi connectivity index (χ2v) is 7.45. The number of benzene rings is 1. The number of pyridine rings is 1. The summed E-state index contributed by atoms with van der Waals surface area (Å²) in [5.41, 5.74) is 3.86. The van der Waals surface area contributed by atoms with E-state index >= 15 is 0 Å². The van der Waals surface area contributed by atoms with Gasteiger partial charge >= 0.3 is 0 Å². The summed E-state index contributed by atoms with van der Waals surface area (Å²) in [6.07, 6.45) is 2.66. The number of halogens is 1. The number of carbonyl (C=O) groups is 1. The summed E-state index contributed by atoms with van der Waals surface area (Å²) in [7, 11) is 3.44. The van der Waals surface area contributed by atoms with Crippen molar-refractivity contribution in [2.75, 3.05) is 20.6 Å². The number of carbonyl (C=O) groups excluding carboxylic acids is 1. The Morgan fingerprint density at radius 3 is 2.86 bits per heavy atom. The van der Waals surface area contributed by atoms with Gasteiger partial charge in [-0.2, -0.15) is 0 Å². The Labute approximate surface area is 173 Å². The zero-order valence-corrected chi connectivity index (χ0v) is 17.1. The van der Waals surface area contributed by atoms with Crippen molar-refractivity contribution >= 4 is 34.2 Å². The molecule has 0 unspecified atom stereocenters. The molecule has 0 saturated carbocycles. The second kappa shape index (κ2) is 8.18. The summed E-state index contributed by atoms with van der Waals surface area (Å²) in [6, 6.07) is 11.5. The van der Waals surface area contributed by atoms with Gasteiger partial charge in [0, 0.05) is 33.4 Å². The van der Waals surface area contributed by atoms with Gasteiger partial charge in [-0.15, -0.1) is 5.10 Å². The SMILES string of the molecule is CN(C)C(=O)c1nc2ccc(Cl)cn2c1CNCCCn1nnc2ccccc21. The van der Waals surface area contributed by atoms with Crippen molar-refractivity contribution in [2.24, 2.45) is 0 Å². The Morgan fingerprint density at radius 1 is 1.21 bits per heavy atom. The summed E-state index contributed by atoms with van der Waals surface area (Å²) in [5.74, 6) is -0.129. The first-order chi connectivity index (χ1) is 14.0. The van der Waals surface area contributed by atoms with E-state index in [4.69, 9.17) is 11.6 Å². The number of aryl methyl sites for hydroxylation is 1. The highest BCUT2D eigenvalue weighted by atomic mass is 35.5. The van der Waals surface area contributed by atoms with Gasteiger partial charge in [0.25, 0.3) is 5.91 Å². The molecule has 3 heterocycles. The van der Waals surface area contributed by atoms with Gasteiger partial charge in [0.05, 0.1) is 16.2 Å². The van der Waals surface area contributed by atoms with Crippen LogP contribution in [-0.2, 0) is 13.1 Å². The Balaban J connectivity index is 1.44. The van der Waals surface area contributed by atoms with Crippen molar-refractivity contribution in [3.05, 3.63) is 59.0 Å². The molecule has 8 nitrogen and oxygen atoms in total. The molecule has 0 spiro atoms. The zero-order valence-electron chi connectivity index (χ0n) is 16.3. The van der Waals surface area contributed by atoms with Gasteiger partial charge in [0.2, 0.25) is 0 Å². The van der Waals surface area contributed by atoms with Crippen molar-refractivity contribution in [3.8, 4) is 0 Å². The molecule has 1 N–H and O–H groups in total. The molecule has 0 radical (unpaired) electrons. The fraction of sp³-hybridized carbons (Fsp3) is 0.300. The number of hydrogen-bond donors (Lipinski definition) is 1. The fourth-order valence-electron chi connectivity index (χ4n) is 3.26. The van der Waals surface area contributed by atoms with Crippen LogP contribution in [0.25, 0.3) is 16.7 Å². The molecule has 9 heteroatoms. The van der Waals surface area contributed by atoms with Crippen LogP contribution in [-0.4, -0.2) is 55.8 Å². The minimum Gasteiger partial charge on any atom is -0.343 e. The van der Waals surface area contributed by atoms with E-state index in [1.54, 1.807) is 26.4 Å². The monoisotopic (exact) mass is 411 g/mol. The largest absolute Gasteiger partial charge is 0.343 e. The topological polar surface area (TPSA) is 80.4 Å². The van der Waals surface area contributed by atoms with Crippen LogP contribution in [0.1, 0.15) is 22.6 Å². The number of fused-ring (bicyclic) bond motifs is 2. The van der Waals surface area contributed by atoms with Crippen molar-refractivity contribution in [3.63, 3.8) is 0 Å². The minimum atomic E-state index is -0.129. The normalized spacial score (nSPS) is 11.4. The highest BCUT2D eigenvalue weighted by molar-refractivity contribution is 6.30. The molecule has 0 saturated heterocycles. The number of nitrogens with zero attached hydrogens (tertiary/aromatic N) is 6. The molecule has 0 aliphatic carbocycles. The molecule has 0 aliphatic heterocycles. The standard InChI is InChI=1S/C20H22ClN7O/c1-26(2)20(29)19-17(27-13-14(21)8-9-18(27)23-19)12-22-10-5-11-28-16-7-4-3-6-15(16)24-25-28/h3-4,6-9,13,22H,5,10-12H2,1-2H3. The molecular formula is C20H22ClN7O. The lowest BCUT2D eigenvalue weighted by Gasteiger charge is -2.11. The number of rotatable bonds is 7. The van der Waals surface area contributed by atoms with Crippen molar-refractivity contribution in [1.29, 1.82) is 0 Å². The van der Waals surface area contributed by atoms with Gasteiger partial charge in [-0.25, -0.2) is 9.67 Å². The summed E-state index contributed by atoms with van der Waals surface area (Å²) in [4.78, 5) is 18.6. The van der Waals surface area contributed by atoms with Gasteiger partial charge in [-0.05, 0) is 37.2 Å². The fourth-order valence-corrected chi connectivity index (χ4v) is 3.42. The number of nitrogens with one attached hydrogen (secondary N) is 1. The number of aromatic nitrogens is 5. The van der Waals surface area contributed by atoms with Crippen LogP contribution in [0.15, 0.2) is 42.6 Å². The van der Waals surface area contributed by atoms with E-state index in [1.807, 2.05) is 39.4 Å². The molecule has 1 aromatic carbocycles. The third-order valence-electron chi connectivity index (χ3n) is 4.73. The van der Waals surface area contributed by atoms with Crippen LogP contribution in [0.2, 0.25) is 5.02 Å². The highest BCUT2D eigenvalue weighted by Crippen LogP contribution is 2.18. The lowest BCUT2D eigenvalue weighted by Crippen LogP contribution is -2.25. The van der Waals surface area contributed by atoms with E-state index < -0.39 is 0 Å². The third-order valence-corrected chi connectivity index (χ3v) is 4.95. The highest BCUT2D eigenvalue weighted by Gasteiger charge is 2.20. The molecule has 150 valence electrons. The van der Waals surface area contributed by atoms with Gasteiger partial charge in [-0.3, -0.25) is 4.79 Å². The maximum Gasteiger partial charge on any atom is 0.273 e. The van der Waals surface area contributed by atoms with E-state index in [9.17, 15) is 4.79 Å². The first kappa shape index (κ1) is 19.4. The van der Waals surface area contributed by atoms with E-state index in [1.165, 1.54) is 4.90 Å². The maximum absolute atomic E-state index is 12.6. The average molecular weight is 412 g/mol. The quantitative estimate of drug-likeness (QED) is 0.473. The number of imidazole rings is 1. The van der Waals surface area contributed by atoms with Crippen LogP contribution < -0.4 is 5.32 Å². The van der Waals surface area contributed by atoms with E-state index in [-0.39, 0.29) is 5.91 Å². The van der Waals surface area contributed by atoms with E-state index in [0.29, 0.717) is 22.9 Å². The van der Waals surface area contributed by atoms with Crippen molar-refractivity contribution in [1.82, 2.24) is 34.6 Å². The van der Waals surface area contributed by atoms with Crippen LogP contribution >= 0.6 is 11.6 Å². The zero-order chi connectivity index (χ0) is 20.4. The maximum atomic E-state index is 12.6. The molecule has 0 fully saturated rings. The summed E-state index contributed by atoms with van der Waals surface area (Å²) in [5, 5.41) is 12.4. The Bertz CT molecular complexity index is 1160. The Morgan fingerprint density at radius 2 is 2.03 bits per heavy atom.